The first-order chi connectivity index (χ1) is 19.5. The van der Waals surface area contributed by atoms with Crippen LogP contribution in [0.2, 0.25) is 10.0 Å². The van der Waals surface area contributed by atoms with Gasteiger partial charge in [0.2, 0.25) is 11.8 Å². The van der Waals surface area contributed by atoms with Crippen LogP contribution in [0.4, 0.5) is 0 Å². The number of rotatable bonds is 8. The van der Waals surface area contributed by atoms with Crippen LogP contribution in [-0.4, -0.2) is 35.6 Å². The molecule has 0 saturated carbocycles. The van der Waals surface area contributed by atoms with Gasteiger partial charge >= 0.3 is 0 Å². The minimum absolute atomic E-state index is 0.111. The van der Waals surface area contributed by atoms with E-state index in [1.165, 1.54) is 11.1 Å². The molecule has 4 heterocycles. The van der Waals surface area contributed by atoms with Gasteiger partial charge in [-0.15, -0.1) is 0 Å². The first kappa shape index (κ1) is 26.7. The molecule has 9 heteroatoms. The Balaban J connectivity index is 1.27. The van der Waals surface area contributed by atoms with Crippen molar-refractivity contribution in [3.63, 3.8) is 0 Å². The molecule has 2 aromatic carbocycles. The largest absolute Gasteiger partial charge is 0.481 e. The number of hydrogen-bond acceptors (Lipinski definition) is 6. The molecule has 1 atom stereocenters. The molecule has 7 nitrogen and oxygen atoms in total. The molecule has 0 aliphatic carbocycles. The number of nitrogens with one attached hydrogen (secondary N) is 3. The van der Waals surface area contributed by atoms with Gasteiger partial charge in [0, 0.05) is 72.7 Å². The summed E-state index contributed by atoms with van der Waals surface area (Å²) < 4.78 is 5.62. The molecule has 1 amide bonds. The van der Waals surface area contributed by atoms with Crippen molar-refractivity contribution in [2.24, 2.45) is 0 Å². The van der Waals surface area contributed by atoms with Crippen molar-refractivity contribution < 1.29 is 9.53 Å². The Morgan fingerprint density at radius 1 is 0.950 bits per heavy atom. The Morgan fingerprint density at radius 2 is 1.65 bits per heavy atom. The molecule has 4 aromatic rings. The molecule has 1 saturated heterocycles. The van der Waals surface area contributed by atoms with Crippen molar-refractivity contribution in [1.29, 1.82) is 0 Å². The number of aromatic nitrogens is 2. The van der Waals surface area contributed by atoms with Gasteiger partial charge in [-0.25, -0.2) is 4.98 Å². The second-order valence-electron chi connectivity index (χ2n) is 10.1. The number of nitrogens with zero attached hydrogens (tertiary/aromatic N) is 2. The Labute approximate surface area is 243 Å². The molecule has 0 spiro atoms. The summed E-state index contributed by atoms with van der Waals surface area (Å²) in [5.74, 6) is 0.638. The third-order valence-corrected chi connectivity index (χ3v) is 8.29. The molecule has 2 aromatic heterocycles. The number of hydrogen-bond donors (Lipinski definition) is 3. The second kappa shape index (κ2) is 11.6. The first-order valence-electron chi connectivity index (χ1n) is 13.3. The second-order valence-corrected chi connectivity index (χ2v) is 10.8. The van der Waals surface area contributed by atoms with Crippen LogP contribution >= 0.6 is 23.2 Å². The molecule has 0 unspecified atom stereocenters. The van der Waals surface area contributed by atoms with E-state index in [0.717, 1.165) is 53.0 Å². The van der Waals surface area contributed by atoms with Crippen molar-refractivity contribution in [2.75, 3.05) is 13.7 Å². The number of methoxy groups -OCH3 is 1. The van der Waals surface area contributed by atoms with Gasteiger partial charge in [0.05, 0.1) is 28.5 Å². The van der Waals surface area contributed by atoms with Crippen LogP contribution in [0.15, 0.2) is 60.8 Å². The van der Waals surface area contributed by atoms with E-state index in [2.05, 4.69) is 27.0 Å². The van der Waals surface area contributed by atoms with Gasteiger partial charge in [-0.3, -0.25) is 9.78 Å². The molecule has 2 aliphatic rings. The fourth-order valence-electron chi connectivity index (χ4n) is 5.35. The van der Waals surface area contributed by atoms with E-state index in [1.54, 1.807) is 7.11 Å². The number of ether oxygens (including phenoxy) is 1. The summed E-state index contributed by atoms with van der Waals surface area (Å²) in [6.07, 6.45) is 3.36. The normalized spacial score (nSPS) is 16.2. The van der Waals surface area contributed by atoms with Gasteiger partial charge in [0.15, 0.2) is 0 Å². The predicted molar refractivity (Wildman–Crippen MR) is 158 cm³/mol. The summed E-state index contributed by atoms with van der Waals surface area (Å²) in [4.78, 5) is 20.9. The van der Waals surface area contributed by atoms with Crippen LogP contribution in [0.1, 0.15) is 29.5 Å². The van der Waals surface area contributed by atoms with Crippen LogP contribution in [0.5, 0.6) is 5.88 Å². The maximum Gasteiger partial charge on any atom is 0.220 e. The van der Waals surface area contributed by atoms with E-state index < -0.39 is 0 Å². The zero-order chi connectivity index (χ0) is 27.6. The van der Waals surface area contributed by atoms with Crippen LogP contribution < -0.4 is 20.7 Å². The molecular weight excluding hydrogens is 545 g/mol. The lowest BCUT2D eigenvalue weighted by Crippen LogP contribution is -2.35. The fraction of sp³-hybridized carbons (Fsp3) is 0.258. The summed E-state index contributed by atoms with van der Waals surface area (Å²) in [7, 11) is 1.61. The Morgan fingerprint density at radius 3 is 2.35 bits per heavy atom. The van der Waals surface area contributed by atoms with Crippen molar-refractivity contribution >= 4 is 29.1 Å². The molecule has 0 bridgehead atoms. The van der Waals surface area contributed by atoms with Crippen LogP contribution in [0.25, 0.3) is 33.6 Å². The summed E-state index contributed by atoms with van der Waals surface area (Å²) in [5, 5.41) is 10.9. The monoisotopic (exact) mass is 573 g/mol. The third kappa shape index (κ3) is 5.30. The van der Waals surface area contributed by atoms with Crippen LogP contribution in [0.3, 0.4) is 0 Å². The van der Waals surface area contributed by atoms with Crippen LogP contribution in [0, 0.1) is 0 Å². The molecule has 3 N–H and O–H groups in total. The lowest BCUT2D eigenvalue weighted by atomic mass is 9.97. The highest BCUT2D eigenvalue weighted by Gasteiger charge is 2.21. The summed E-state index contributed by atoms with van der Waals surface area (Å²) in [6, 6.07) is 18.0. The van der Waals surface area contributed by atoms with Gasteiger partial charge in [-0.2, -0.15) is 0 Å². The van der Waals surface area contributed by atoms with Crippen molar-refractivity contribution in [2.45, 2.75) is 38.5 Å². The molecule has 40 heavy (non-hydrogen) atoms. The van der Waals surface area contributed by atoms with Crippen molar-refractivity contribution in [3.05, 3.63) is 87.5 Å². The van der Waals surface area contributed by atoms with Gasteiger partial charge in [-0.1, -0.05) is 65.7 Å². The predicted octanol–water partition coefficient (Wildman–Crippen LogP) is 5.76. The van der Waals surface area contributed by atoms with E-state index in [1.807, 2.05) is 54.7 Å². The average Bonchev–Trinajstić information content (AvgIpc) is 3.62. The van der Waals surface area contributed by atoms with E-state index >= 15 is 0 Å². The lowest BCUT2D eigenvalue weighted by Gasteiger charge is -2.15. The Kier molecular flexibility index (Phi) is 7.71. The summed E-state index contributed by atoms with van der Waals surface area (Å²) >= 11 is 14.0. The molecule has 204 valence electrons. The zero-order valence-corrected chi connectivity index (χ0v) is 23.6. The number of carbonyl (C=O) groups is 1. The minimum Gasteiger partial charge on any atom is -0.481 e. The van der Waals surface area contributed by atoms with Crippen molar-refractivity contribution in [1.82, 2.24) is 25.9 Å². The maximum absolute atomic E-state index is 11.4. The topological polar surface area (TPSA) is 88.2 Å². The number of amides is 1. The average molecular weight is 575 g/mol. The van der Waals surface area contributed by atoms with Crippen molar-refractivity contribution in [3.8, 4) is 39.5 Å². The van der Waals surface area contributed by atoms with Gasteiger partial charge in [0.25, 0.3) is 0 Å². The summed E-state index contributed by atoms with van der Waals surface area (Å²) in [6.45, 7) is 2.95. The van der Waals surface area contributed by atoms with Gasteiger partial charge in [-0.05, 0) is 29.7 Å². The third-order valence-electron chi connectivity index (χ3n) is 7.48. The summed E-state index contributed by atoms with van der Waals surface area (Å²) in [5.41, 5.74) is 8.24. The standard InChI is InChI=1S/C31H29Cl2N5O2/c1-40-31-18(13-35-17-21-9-11-28(39)37-21)8-10-26(38-31)24-6-2-4-22(29(24)32)23-5-3-7-25(30(23)33)27-12-19-14-34-15-20(19)16-36-27/h2-8,10,12,16,21,34-35H,9,11,13-15,17H2,1H3,(H,37,39)/t21-/m0/s1. The van der Waals surface area contributed by atoms with E-state index in [4.69, 9.17) is 32.9 Å². The zero-order valence-electron chi connectivity index (χ0n) is 22.1. The molecule has 2 aliphatic heterocycles. The van der Waals surface area contributed by atoms with E-state index in [9.17, 15) is 4.79 Å². The highest BCUT2D eigenvalue weighted by Crippen LogP contribution is 2.42. The first-order valence-corrected chi connectivity index (χ1v) is 14.1. The van der Waals surface area contributed by atoms with Crippen LogP contribution in [-0.2, 0) is 24.4 Å². The number of fused-ring (bicyclic) bond motifs is 1. The highest BCUT2D eigenvalue weighted by atomic mass is 35.5. The molecule has 0 radical (unpaired) electrons. The number of benzene rings is 2. The molecular formula is C31H29Cl2N5O2. The van der Waals surface area contributed by atoms with E-state index in [0.29, 0.717) is 41.1 Å². The number of pyridine rings is 2. The highest BCUT2D eigenvalue weighted by molar-refractivity contribution is 6.39. The number of halogens is 2. The smallest absolute Gasteiger partial charge is 0.220 e. The fourth-order valence-corrected chi connectivity index (χ4v) is 6.00. The Hall–Kier alpha value is -3.49. The lowest BCUT2D eigenvalue weighted by molar-refractivity contribution is -0.119. The number of carbonyl (C=O) groups excluding carboxylic acids is 1. The van der Waals surface area contributed by atoms with Gasteiger partial charge in [0.1, 0.15) is 0 Å². The maximum atomic E-state index is 11.4. The molecule has 1 fully saturated rings. The molecule has 6 rings (SSSR count). The van der Waals surface area contributed by atoms with Gasteiger partial charge < -0.3 is 20.7 Å². The SMILES string of the molecule is COc1nc(-c2cccc(-c3cccc(-c4cc5c(cn4)CNC5)c3Cl)c2Cl)ccc1CNC[C@@H]1CCC(=O)N1. The Bertz CT molecular complexity index is 1590. The quantitative estimate of drug-likeness (QED) is 0.248. The van der Waals surface area contributed by atoms with E-state index in [-0.39, 0.29) is 11.9 Å². The minimum atomic E-state index is 0.111.